The van der Waals surface area contributed by atoms with Crippen LogP contribution in [-0.2, 0) is 17.9 Å². The molecule has 0 radical (unpaired) electrons. The Balaban J connectivity index is 1.57. The van der Waals surface area contributed by atoms with E-state index >= 15 is 0 Å². The number of benzene rings is 3. The van der Waals surface area contributed by atoms with Crippen LogP contribution in [0.15, 0.2) is 78.9 Å². The second kappa shape index (κ2) is 10.3. The van der Waals surface area contributed by atoms with Crippen molar-refractivity contribution in [1.82, 2.24) is 5.32 Å². The lowest BCUT2D eigenvalue weighted by molar-refractivity contribution is -0.885. The number of likely N-dealkylation sites (N-methyl/N-ethyl adjacent to an activating group) is 1. The van der Waals surface area contributed by atoms with Crippen molar-refractivity contribution >= 4 is 17.5 Å². The van der Waals surface area contributed by atoms with E-state index in [0.717, 1.165) is 16.0 Å². The first-order chi connectivity index (χ1) is 14.5. The molecule has 0 heterocycles. The summed E-state index contributed by atoms with van der Waals surface area (Å²) in [6.07, 6.45) is 0. The summed E-state index contributed by atoms with van der Waals surface area (Å²) in [5.74, 6) is -0.726. The van der Waals surface area contributed by atoms with Crippen molar-refractivity contribution in [3.05, 3.63) is 101 Å². The highest BCUT2D eigenvalue weighted by Crippen LogP contribution is 2.15. The molecule has 1 atom stereocenters. The molecular formula is C24H25FN3O2+. The summed E-state index contributed by atoms with van der Waals surface area (Å²) in [6, 6.07) is 22.8. The first-order valence-corrected chi connectivity index (χ1v) is 9.78. The van der Waals surface area contributed by atoms with Crippen LogP contribution >= 0.6 is 0 Å². The van der Waals surface area contributed by atoms with Crippen molar-refractivity contribution in [2.75, 3.05) is 18.9 Å². The summed E-state index contributed by atoms with van der Waals surface area (Å²) in [4.78, 5) is 26.1. The lowest BCUT2D eigenvalue weighted by Crippen LogP contribution is -3.08. The predicted molar refractivity (Wildman–Crippen MR) is 115 cm³/mol. The van der Waals surface area contributed by atoms with Gasteiger partial charge in [0, 0.05) is 12.1 Å². The predicted octanol–water partition coefficient (Wildman–Crippen LogP) is 2.41. The van der Waals surface area contributed by atoms with Gasteiger partial charge in [-0.25, -0.2) is 4.39 Å². The van der Waals surface area contributed by atoms with Gasteiger partial charge in [-0.3, -0.25) is 9.59 Å². The fourth-order valence-electron chi connectivity index (χ4n) is 3.15. The molecule has 3 rings (SSSR count). The van der Waals surface area contributed by atoms with E-state index in [1.165, 1.54) is 12.1 Å². The van der Waals surface area contributed by atoms with Crippen molar-refractivity contribution in [2.45, 2.75) is 13.1 Å². The van der Waals surface area contributed by atoms with Gasteiger partial charge in [0.05, 0.1) is 18.3 Å². The Hall–Kier alpha value is -3.51. The molecule has 0 aliphatic carbocycles. The fourth-order valence-corrected chi connectivity index (χ4v) is 3.15. The number of quaternary nitrogens is 1. The molecule has 3 aromatic carbocycles. The molecule has 154 valence electrons. The summed E-state index contributed by atoms with van der Waals surface area (Å²) >= 11 is 0. The van der Waals surface area contributed by atoms with Crippen LogP contribution in [0.5, 0.6) is 0 Å². The Morgan fingerprint density at radius 1 is 0.867 bits per heavy atom. The molecular weight excluding hydrogens is 381 g/mol. The molecule has 6 heteroatoms. The van der Waals surface area contributed by atoms with Gasteiger partial charge >= 0.3 is 0 Å². The largest absolute Gasteiger partial charge is 0.348 e. The number of amides is 2. The van der Waals surface area contributed by atoms with E-state index in [1.54, 1.807) is 36.4 Å². The van der Waals surface area contributed by atoms with E-state index < -0.39 is 0 Å². The van der Waals surface area contributed by atoms with Crippen LogP contribution in [0.4, 0.5) is 10.1 Å². The van der Waals surface area contributed by atoms with Crippen LogP contribution in [-0.4, -0.2) is 25.4 Å². The Morgan fingerprint density at radius 3 is 2.27 bits per heavy atom. The number of carbonyl (C=O) groups excluding carboxylic acids is 2. The van der Waals surface area contributed by atoms with E-state index in [4.69, 9.17) is 0 Å². The van der Waals surface area contributed by atoms with E-state index in [9.17, 15) is 14.0 Å². The normalized spacial score (nSPS) is 11.5. The van der Waals surface area contributed by atoms with Crippen molar-refractivity contribution in [3.8, 4) is 0 Å². The Morgan fingerprint density at radius 2 is 1.53 bits per heavy atom. The van der Waals surface area contributed by atoms with Crippen LogP contribution in [0.1, 0.15) is 21.5 Å². The minimum atomic E-state index is -0.281. The van der Waals surface area contributed by atoms with Gasteiger partial charge in [0.1, 0.15) is 12.4 Å². The molecule has 0 aliphatic rings. The number of hydrogen-bond donors (Lipinski definition) is 3. The third-order valence-corrected chi connectivity index (χ3v) is 4.62. The Bertz CT molecular complexity index is 991. The molecule has 0 saturated carbocycles. The highest BCUT2D eigenvalue weighted by Gasteiger charge is 2.15. The molecule has 5 nitrogen and oxygen atoms in total. The van der Waals surface area contributed by atoms with Crippen LogP contribution < -0.4 is 15.5 Å². The second-order valence-electron chi connectivity index (χ2n) is 7.20. The smallest absolute Gasteiger partial charge is 0.279 e. The molecule has 3 N–H and O–H groups in total. The van der Waals surface area contributed by atoms with Crippen LogP contribution in [0, 0.1) is 5.82 Å². The lowest BCUT2D eigenvalue weighted by atomic mass is 10.1. The van der Waals surface area contributed by atoms with Gasteiger partial charge in [0.2, 0.25) is 0 Å². The number of para-hydroxylation sites is 1. The number of rotatable bonds is 8. The zero-order valence-corrected chi connectivity index (χ0v) is 16.8. The highest BCUT2D eigenvalue weighted by atomic mass is 19.1. The van der Waals surface area contributed by atoms with Crippen molar-refractivity contribution in [3.63, 3.8) is 0 Å². The summed E-state index contributed by atoms with van der Waals surface area (Å²) in [5, 5.41) is 5.72. The third-order valence-electron chi connectivity index (χ3n) is 4.62. The number of nitrogens with one attached hydrogen (secondary N) is 3. The molecule has 0 aromatic heterocycles. The molecule has 0 fully saturated rings. The lowest BCUT2D eigenvalue weighted by Gasteiger charge is -2.15. The molecule has 30 heavy (non-hydrogen) atoms. The van der Waals surface area contributed by atoms with Crippen molar-refractivity contribution < 1.29 is 18.9 Å². The van der Waals surface area contributed by atoms with Gasteiger partial charge in [-0.15, -0.1) is 0 Å². The van der Waals surface area contributed by atoms with E-state index in [1.807, 2.05) is 37.4 Å². The fraction of sp³-hybridized carbons (Fsp3) is 0.167. The SMILES string of the molecule is C[NH+](CC(=O)Nc1ccccc1C(=O)NCc1ccccc1)Cc1ccc(F)cc1. The monoisotopic (exact) mass is 406 g/mol. The second-order valence-corrected chi connectivity index (χ2v) is 7.20. The van der Waals surface area contributed by atoms with Gasteiger partial charge in [0.15, 0.2) is 6.54 Å². The van der Waals surface area contributed by atoms with Crippen molar-refractivity contribution in [1.29, 1.82) is 0 Å². The topological polar surface area (TPSA) is 62.6 Å². The molecule has 2 amide bonds. The number of carbonyl (C=O) groups is 2. The standard InChI is InChI=1S/C24H24FN3O2/c1-28(16-19-11-13-20(25)14-12-19)17-23(29)27-22-10-6-5-9-21(22)24(30)26-15-18-7-3-2-4-8-18/h2-14H,15-17H2,1H3,(H,26,30)(H,27,29)/p+1. The van der Waals surface area contributed by atoms with Crippen molar-refractivity contribution in [2.24, 2.45) is 0 Å². The van der Waals surface area contributed by atoms with Gasteiger partial charge in [0.25, 0.3) is 11.8 Å². The van der Waals surface area contributed by atoms with Crippen LogP contribution in [0.25, 0.3) is 0 Å². The molecule has 1 unspecified atom stereocenters. The van der Waals surface area contributed by atoms with Gasteiger partial charge < -0.3 is 15.5 Å². The Labute approximate surface area is 175 Å². The maximum absolute atomic E-state index is 13.0. The maximum Gasteiger partial charge on any atom is 0.279 e. The third kappa shape index (κ3) is 6.25. The maximum atomic E-state index is 13.0. The van der Waals surface area contributed by atoms with E-state index in [0.29, 0.717) is 24.3 Å². The summed E-state index contributed by atoms with van der Waals surface area (Å²) < 4.78 is 13.0. The number of anilines is 1. The average Bonchev–Trinajstić information content (AvgIpc) is 2.74. The van der Waals surface area contributed by atoms with Crippen LogP contribution in [0.2, 0.25) is 0 Å². The summed E-state index contributed by atoms with van der Waals surface area (Å²) in [6.45, 7) is 1.22. The first kappa shape index (κ1) is 21.2. The molecule has 0 bridgehead atoms. The summed E-state index contributed by atoms with van der Waals surface area (Å²) in [5.41, 5.74) is 2.83. The Kier molecular flexibility index (Phi) is 7.29. The zero-order chi connectivity index (χ0) is 21.3. The average molecular weight is 406 g/mol. The quantitative estimate of drug-likeness (QED) is 0.538. The molecule has 0 saturated heterocycles. The minimum absolute atomic E-state index is 0.196. The number of halogens is 1. The van der Waals surface area contributed by atoms with E-state index in [2.05, 4.69) is 10.6 Å². The number of hydrogen-bond acceptors (Lipinski definition) is 2. The molecule has 3 aromatic rings. The highest BCUT2D eigenvalue weighted by molar-refractivity contribution is 6.03. The van der Waals surface area contributed by atoms with Crippen LogP contribution in [0.3, 0.4) is 0 Å². The minimum Gasteiger partial charge on any atom is -0.348 e. The van der Waals surface area contributed by atoms with Gasteiger partial charge in [-0.05, 0) is 29.8 Å². The van der Waals surface area contributed by atoms with Gasteiger partial charge in [-0.2, -0.15) is 0 Å². The molecule has 0 aliphatic heterocycles. The van der Waals surface area contributed by atoms with Gasteiger partial charge in [-0.1, -0.05) is 54.6 Å². The first-order valence-electron chi connectivity index (χ1n) is 9.78. The summed E-state index contributed by atoms with van der Waals surface area (Å²) in [7, 11) is 1.89. The zero-order valence-electron chi connectivity index (χ0n) is 16.8. The molecule has 0 spiro atoms. The van der Waals surface area contributed by atoms with E-state index in [-0.39, 0.29) is 24.2 Å².